The number of H-pyrrole nitrogens is 1. The first-order valence-corrected chi connectivity index (χ1v) is 9.05. The summed E-state index contributed by atoms with van der Waals surface area (Å²) in [6.45, 7) is 0. The van der Waals surface area contributed by atoms with Crippen molar-refractivity contribution in [2.24, 2.45) is 0 Å². The Balaban J connectivity index is 1.90. The molecule has 5 aromatic rings. The predicted molar refractivity (Wildman–Crippen MR) is 108 cm³/mol. The Hall–Kier alpha value is -4.33. The minimum Gasteiger partial charge on any atom is -0.507 e. The number of nitrogens with one attached hydrogen (secondary N) is 1. The number of para-hydroxylation sites is 2. The smallest absolute Gasteiger partial charge is 0.344 e. The zero-order valence-electron chi connectivity index (χ0n) is 15.3. The minimum atomic E-state index is -1.20. The highest BCUT2D eigenvalue weighted by molar-refractivity contribution is 5.86. The molecule has 0 aliphatic heterocycles. The van der Waals surface area contributed by atoms with E-state index in [1.807, 2.05) is 0 Å². The monoisotopic (exact) mass is 402 g/mol. The Labute approximate surface area is 167 Å². The highest BCUT2D eigenvalue weighted by atomic mass is 16.4. The van der Waals surface area contributed by atoms with E-state index < -0.39 is 17.2 Å². The number of fused-ring (bicyclic) bond motifs is 2. The zero-order valence-corrected chi connectivity index (χ0v) is 15.3. The molecule has 148 valence electrons. The molecule has 0 unspecified atom stereocenters. The second-order valence-corrected chi connectivity index (χ2v) is 6.74. The van der Waals surface area contributed by atoms with Crippen molar-refractivity contribution in [2.45, 2.75) is 5.92 Å². The van der Waals surface area contributed by atoms with Gasteiger partial charge in [-0.3, -0.25) is 5.10 Å². The maximum Gasteiger partial charge on any atom is 0.344 e. The van der Waals surface area contributed by atoms with Crippen LogP contribution in [-0.4, -0.2) is 20.4 Å². The van der Waals surface area contributed by atoms with E-state index >= 15 is 0 Å². The van der Waals surface area contributed by atoms with Gasteiger partial charge in [-0.15, -0.1) is 0 Å². The number of benzene rings is 2. The molecular formula is C22H14N2O6. The number of hydrogen-bond donors (Lipinski definition) is 3. The van der Waals surface area contributed by atoms with Crippen LogP contribution in [0.25, 0.3) is 21.9 Å². The Kier molecular flexibility index (Phi) is 3.92. The average Bonchev–Trinajstić information content (AvgIpc) is 3.27. The van der Waals surface area contributed by atoms with Crippen LogP contribution in [-0.2, 0) is 0 Å². The van der Waals surface area contributed by atoms with Gasteiger partial charge in [0.05, 0.1) is 27.8 Å². The first kappa shape index (κ1) is 17.7. The van der Waals surface area contributed by atoms with E-state index in [1.165, 1.54) is 12.3 Å². The summed E-state index contributed by atoms with van der Waals surface area (Å²) in [4.78, 5) is 25.7. The first-order valence-electron chi connectivity index (χ1n) is 9.05. The van der Waals surface area contributed by atoms with Gasteiger partial charge < -0.3 is 19.0 Å². The van der Waals surface area contributed by atoms with Crippen molar-refractivity contribution >= 4 is 21.9 Å². The molecule has 2 aromatic carbocycles. The third-order valence-corrected chi connectivity index (χ3v) is 5.05. The average molecular weight is 402 g/mol. The topological polar surface area (TPSA) is 130 Å². The second-order valence-electron chi connectivity index (χ2n) is 6.74. The lowest BCUT2D eigenvalue weighted by atomic mass is 9.88. The predicted octanol–water partition coefficient (Wildman–Crippen LogP) is 3.21. The van der Waals surface area contributed by atoms with Gasteiger partial charge in [-0.05, 0) is 30.3 Å². The molecule has 0 aliphatic carbocycles. The number of rotatable bonds is 3. The lowest BCUT2D eigenvalue weighted by molar-refractivity contribution is 0.440. The van der Waals surface area contributed by atoms with E-state index in [4.69, 9.17) is 8.83 Å². The van der Waals surface area contributed by atoms with Crippen molar-refractivity contribution in [3.63, 3.8) is 0 Å². The molecule has 3 N–H and O–H groups in total. The van der Waals surface area contributed by atoms with Gasteiger partial charge in [0, 0.05) is 11.9 Å². The fraction of sp³-hybridized carbons (Fsp3) is 0.0455. The normalized spacial score (nSPS) is 11.5. The molecular weight excluding hydrogens is 388 g/mol. The number of aromatic hydroxyl groups is 2. The third-order valence-electron chi connectivity index (χ3n) is 5.05. The maximum atomic E-state index is 12.9. The molecule has 30 heavy (non-hydrogen) atoms. The van der Waals surface area contributed by atoms with E-state index in [-0.39, 0.29) is 33.8 Å². The second kappa shape index (κ2) is 6.63. The third kappa shape index (κ3) is 2.58. The van der Waals surface area contributed by atoms with E-state index in [1.54, 1.807) is 48.5 Å². The van der Waals surface area contributed by atoms with E-state index in [0.717, 1.165) is 0 Å². The number of aromatic amines is 1. The summed E-state index contributed by atoms with van der Waals surface area (Å²) in [7, 11) is 0. The van der Waals surface area contributed by atoms with Crippen LogP contribution in [0.15, 0.2) is 79.2 Å². The van der Waals surface area contributed by atoms with Gasteiger partial charge in [0.1, 0.15) is 22.7 Å². The molecule has 8 heteroatoms. The van der Waals surface area contributed by atoms with Crippen LogP contribution in [0.4, 0.5) is 0 Å². The molecule has 3 aromatic heterocycles. The van der Waals surface area contributed by atoms with Gasteiger partial charge in [0.25, 0.3) is 0 Å². The lowest BCUT2D eigenvalue weighted by Gasteiger charge is -2.18. The minimum absolute atomic E-state index is 0.196. The molecule has 0 amide bonds. The standard InChI is InChI=1S/C22H14N2O6/c25-19-11-5-1-3-7-14(11)29-21(27)17(19)16(13-9-10-23-24-13)18-20(26)12-6-2-4-8-15(12)30-22(18)28/h1-10,16,25-26H,(H,23,24). The van der Waals surface area contributed by atoms with Gasteiger partial charge >= 0.3 is 11.3 Å². The Morgan fingerprint density at radius 3 is 1.73 bits per heavy atom. The number of hydrogen-bond acceptors (Lipinski definition) is 7. The van der Waals surface area contributed by atoms with Crippen LogP contribution in [0.5, 0.6) is 11.5 Å². The van der Waals surface area contributed by atoms with Crippen molar-refractivity contribution < 1.29 is 19.0 Å². The first-order chi connectivity index (χ1) is 14.6. The highest BCUT2D eigenvalue weighted by Gasteiger charge is 2.33. The summed E-state index contributed by atoms with van der Waals surface area (Å²) in [6.07, 6.45) is 1.43. The Bertz CT molecular complexity index is 1420. The van der Waals surface area contributed by atoms with Gasteiger partial charge in [-0.25, -0.2) is 9.59 Å². The van der Waals surface area contributed by atoms with Crippen LogP contribution in [0.1, 0.15) is 22.7 Å². The van der Waals surface area contributed by atoms with Crippen molar-refractivity contribution in [3.05, 3.63) is 98.5 Å². The summed E-state index contributed by atoms with van der Waals surface area (Å²) in [5.41, 5.74) is -1.43. The summed E-state index contributed by atoms with van der Waals surface area (Å²) < 4.78 is 10.8. The molecule has 5 rings (SSSR count). The molecule has 0 spiro atoms. The van der Waals surface area contributed by atoms with Crippen LogP contribution >= 0.6 is 0 Å². The summed E-state index contributed by atoms with van der Waals surface area (Å²) in [5.74, 6) is -1.91. The quantitative estimate of drug-likeness (QED) is 0.395. The Morgan fingerprint density at radius 2 is 1.27 bits per heavy atom. The van der Waals surface area contributed by atoms with Crippen molar-refractivity contribution in [3.8, 4) is 11.5 Å². The zero-order chi connectivity index (χ0) is 20.8. The summed E-state index contributed by atoms with van der Waals surface area (Å²) in [5, 5.41) is 29.1. The van der Waals surface area contributed by atoms with E-state index in [0.29, 0.717) is 16.5 Å². The Morgan fingerprint density at radius 1 is 0.767 bits per heavy atom. The van der Waals surface area contributed by atoms with Gasteiger partial charge in [-0.1, -0.05) is 24.3 Å². The summed E-state index contributed by atoms with van der Waals surface area (Å²) in [6, 6.07) is 14.5. The lowest BCUT2D eigenvalue weighted by Crippen LogP contribution is -2.21. The SMILES string of the molecule is O=c1oc2ccccc2c(O)c1C(c1ccn[nH]1)c1c(O)c2ccccc2oc1=O. The molecule has 0 radical (unpaired) electrons. The molecule has 0 saturated carbocycles. The van der Waals surface area contributed by atoms with Crippen LogP contribution in [0, 0.1) is 0 Å². The molecule has 3 heterocycles. The van der Waals surface area contributed by atoms with Crippen molar-refractivity contribution in [1.29, 1.82) is 0 Å². The number of nitrogens with zero attached hydrogens (tertiary/aromatic N) is 1. The highest BCUT2D eigenvalue weighted by Crippen LogP contribution is 2.41. The molecule has 0 fully saturated rings. The van der Waals surface area contributed by atoms with Crippen LogP contribution in [0.3, 0.4) is 0 Å². The van der Waals surface area contributed by atoms with Crippen LogP contribution in [0.2, 0.25) is 0 Å². The van der Waals surface area contributed by atoms with Crippen molar-refractivity contribution in [2.75, 3.05) is 0 Å². The van der Waals surface area contributed by atoms with E-state index in [2.05, 4.69) is 10.2 Å². The molecule has 8 nitrogen and oxygen atoms in total. The number of aromatic nitrogens is 2. The largest absolute Gasteiger partial charge is 0.507 e. The molecule has 0 bridgehead atoms. The molecule has 0 saturated heterocycles. The van der Waals surface area contributed by atoms with Gasteiger partial charge in [0.2, 0.25) is 0 Å². The van der Waals surface area contributed by atoms with Crippen LogP contribution < -0.4 is 11.3 Å². The fourth-order valence-corrected chi connectivity index (χ4v) is 3.69. The molecule has 0 aliphatic rings. The molecule has 0 atom stereocenters. The summed E-state index contributed by atoms with van der Waals surface area (Å²) >= 11 is 0. The van der Waals surface area contributed by atoms with Gasteiger partial charge in [0.15, 0.2) is 0 Å². The maximum absolute atomic E-state index is 12.9. The fourth-order valence-electron chi connectivity index (χ4n) is 3.69. The van der Waals surface area contributed by atoms with E-state index in [9.17, 15) is 19.8 Å². The van der Waals surface area contributed by atoms with Gasteiger partial charge in [-0.2, -0.15) is 5.10 Å². The van der Waals surface area contributed by atoms with Crippen molar-refractivity contribution in [1.82, 2.24) is 10.2 Å².